The molecule has 6 aromatic rings. The third-order valence-corrected chi connectivity index (χ3v) is 9.00. The second-order valence-electron chi connectivity index (χ2n) is 9.22. The van der Waals surface area contributed by atoms with Crippen LogP contribution >= 0.6 is 22.7 Å². The minimum absolute atomic E-state index is 0.0805. The summed E-state index contributed by atoms with van der Waals surface area (Å²) in [5.74, 6) is -1.19. The van der Waals surface area contributed by atoms with Gasteiger partial charge >= 0.3 is 0 Å². The zero-order chi connectivity index (χ0) is 28.7. The summed E-state index contributed by atoms with van der Waals surface area (Å²) >= 11 is 2.32. The lowest BCUT2D eigenvalue weighted by Gasteiger charge is -2.07. The van der Waals surface area contributed by atoms with Crippen molar-refractivity contribution in [3.05, 3.63) is 111 Å². The van der Waals surface area contributed by atoms with Gasteiger partial charge in [0.25, 0.3) is 17.5 Å². The molecule has 0 bridgehead atoms. The first-order chi connectivity index (χ1) is 19.8. The molecule has 2 amide bonds. The van der Waals surface area contributed by atoms with Crippen molar-refractivity contribution in [2.45, 2.75) is 0 Å². The fraction of sp³-hybridized carbons (Fsp3) is 0. The summed E-state index contributed by atoms with van der Waals surface area (Å²) < 4.78 is 0. The molecule has 0 radical (unpaired) electrons. The van der Waals surface area contributed by atoms with Crippen molar-refractivity contribution in [1.29, 1.82) is 0 Å². The normalized spacial score (nSPS) is 11.0. The minimum Gasteiger partial charge on any atom is -0.397 e. The molecule has 41 heavy (non-hydrogen) atoms. The summed E-state index contributed by atoms with van der Waals surface area (Å²) in [4.78, 5) is 37.7. The van der Waals surface area contributed by atoms with Gasteiger partial charge < -0.3 is 11.5 Å². The number of fused-ring (bicyclic) bond motifs is 3. The number of hydrogen-bond donors (Lipinski definition) is 4. The van der Waals surface area contributed by atoms with Gasteiger partial charge in [0.1, 0.15) is 9.75 Å². The highest BCUT2D eigenvalue weighted by Crippen LogP contribution is 2.37. The Kier molecular flexibility index (Phi) is 6.58. The van der Waals surface area contributed by atoms with Crippen LogP contribution in [0.4, 0.5) is 17.1 Å². The third-order valence-electron chi connectivity index (χ3n) is 6.60. The number of non-ortho nitro benzene ring substituents is 1. The van der Waals surface area contributed by atoms with Crippen LogP contribution in [0, 0.1) is 10.1 Å². The van der Waals surface area contributed by atoms with Crippen LogP contribution in [0.25, 0.3) is 42.4 Å². The number of amides is 2. The Morgan fingerprint density at radius 1 is 0.756 bits per heavy atom. The van der Waals surface area contributed by atoms with Crippen molar-refractivity contribution in [2.75, 3.05) is 11.2 Å². The molecule has 0 aliphatic heterocycles. The first-order valence-electron chi connectivity index (χ1n) is 12.3. The number of nitrogens with zero attached hydrogens (tertiary/aromatic N) is 1. The number of hydrazine groups is 1. The van der Waals surface area contributed by atoms with Crippen LogP contribution in [0.5, 0.6) is 0 Å². The number of hydrogen-bond acceptors (Lipinski definition) is 8. The molecular weight excluding hydrogens is 558 g/mol. The summed E-state index contributed by atoms with van der Waals surface area (Å²) in [5, 5.41) is 15.7. The zero-order valence-electron chi connectivity index (χ0n) is 21.2. The molecule has 0 unspecified atom stereocenters. The summed E-state index contributed by atoms with van der Waals surface area (Å²) in [6, 6.07) is 27.9. The van der Waals surface area contributed by atoms with E-state index in [0.29, 0.717) is 21.0 Å². The molecule has 9 nitrogen and oxygen atoms in total. The molecular formula is C30H21N5O4S2. The van der Waals surface area contributed by atoms with Gasteiger partial charge in [0.2, 0.25) is 0 Å². The molecule has 0 fully saturated rings. The number of carbonyl (C=O) groups excluding carboxylic acids is 2. The van der Waals surface area contributed by atoms with Gasteiger partial charge in [-0.2, -0.15) is 0 Å². The SMILES string of the molecule is NC(=O)c1sc(-c2cccc([N+](=O)[O-])c2)cc1NNC(=O)c1sc(-c2ccc3c(ccc4ccccc43)c2)cc1N. The largest absolute Gasteiger partial charge is 0.397 e. The number of thiophene rings is 2. The van der Waals surface area contributed by atoms with Crippen molar-refractivity contribution >= 4 is 73.1 Å². The summed E-state index contributed by atoms with van der Waals surface area (Å²) in [6.45, 7) is 0. The van der Waals surface area contributed by atoms with E-state index in [4.69, 9.17) is 11.5 Å². The molecule has 0 saturated carbocycles. The van der Waals surface area contributed by atoms with Crippen molar-refractivity contribution in [1.82, 2.24) is 5.43 Å². The van der Waals surface area contributed by atoms with Crippen molar-refractivity contribution in [3.8, 4) is 20.9 Å². The molecule has 0 atom stereocenters. The van der Waals surface area contributed by atoms with Crippen LogP contribution in [0.2, 0.25) is 0 Å². The van der Waals surface area contributed by atoms with Crippen LogP contribution in [-0.2, 0) is 0 Å². The molecule has 2 aromatic heterocycles. The van der Waals surface area contributed by atoms with Gasteiger partial charge in [0.05, 0.1) is 16.3 Å². The van der Waals surface area contributed by atoms with Gasteiger partial charge in [-0.25, -0.2) is 0 Å². The van der Waals surface area contributed by atoms with Crippen LogP contribution in [0.3, 0.4) is 0 Å². The van der Waals surface area contributed by atoms with E-state index in [9.17, 15) is 19.7 Å². The van der Waals surface area contributed by atoms with Gasteiger partial charge in [0, 0.05) is 21.9 Å². The number of nitrogen functional groups attached to an aromatic ring is 1. The van der Waals surface area contributed by atoms with Crippen LogP contribution < -0.4 is 22.3 Å². The number of benzene rings is 4. The zero-order valence-corrected chi connectivity index (χ0v) is 22.8. The van der Waals surface area contributed by atoms with Crippen molar-refractivity contribution in [2.24, 2.45) is 5.73 Å². The number of nitro benzene ring substituents is 1. The van der Waals surface area contributed by atoms with E-state index in [0.717, 1.165) is 32.5 Å². The van der Waals surface area contributed by atoms with Gasteiger partial charge in [-0.15, -0.1) is 22.7 Å². The summed E-state index contributed by atoms with van der Waals surface area (Å²) in [6.07, 6.45) is 0. The molecule has 202 valence electrons. The molecule has 4 aromatic carbocycles. The Morgan fingerprint density at radius 2 is 1.46 bits per heavy atom. The Labute approximate surface area is 241 Å². The number of nitrogens with one attached hydrogen (secondary N) is 2. The summed E-state index contributed by atoms with van der Waals surface area (Å²) in [5.41, 5.74) is 19.1. The van der Waals surface area contributed by atoms with Gasteiger partial charge in [-0.05, 0) is 50.9 Å². The third kappa shape index (κ3) is 4.95. The number of anilines is 2. The van der Waals surface area contributed by atoms with E-state index in [-0.39, 0.29) is 16.3 Å². The predicted molar refractivity (Wildman–Crippen MR) is 165 cm³/mol. The smallest absolute Gasteiger partial charge is 0.281 e. The molecule has 6 rings (SSSR count). The first kappa shape index (κ1) is 26.0. The Morgan fingerprint density at radius 3 is 2.27 bits per heavy atom. The van der Waals surface area contributed by atoms with E-state index in [1.54, 1.807) is 24.3 Å². The van der Waals surface area contributed by atoms with Crippen LogP contribution in [0.1, 0.15) is 19.3 Å². The highest BCUT2D eigenvalue weighted by molar-refractivity contribution is 7.18. The molecule has 6 N–H and O–H groups in total. The lowest BCUT2D eigenvalue weighted by atomic mass is 10.00. The second kappa shape index (κ2) is 10.4. The average molecular weight is 580 g/mol. The molecule has 2 heterocycles. The number of rotatable bonds is 7. The summed E-state index contributed by atoms with van der Waals surface area (Å²) in [7, 11) is 0. The Bertz CT molecular complexity index is 2010. The van der Waals surface area contributed by atoms with Crippen molar-refractivity contribution < 1.29 is 14.5 Å². The van der Waals surface area contributed by atoms with Gasteiger partial charge in [-0.1, -0.05) is 60.7 Å². The Balaban J connectivity index is 1.24. The maximum atomic E-state index is 13.1. The fourth-order valence-corrected chi connectivity index (χ4v) is 6.59. The highest BCUT2D eigenvalue weighted by Gasteiger charge is 2.20. The second-order valence-corrected chi connectivity index (χ2v) is 11.3. The van der Waals surface area contributed by atoms with Gasteiger partial charge in [-0.3, -0.25) is 30.6 Å². The first-order valence-corrected chi connectivity index (χ1v) is 14.0. The molecule has 0 saturated heterocycles. The lowest BCUT2D eigenvalue weighted by molar-refractivity contribution is -0.384. The highest BCUT2D eigenvalue weighted by atomic mass is 32.1. The van der Waals surface area contributed by atoms with E-state index >= 15 is 0 Å². The number of primary amides is 1. The fourth-order valence-electron chi connectivity index (χ4n) is 4.65. The molecule has 0 aliphatic rings. The Hall–Kier alpha value is -5.26. The maximum absolute atomic E-state index is 13.1. The van der Waals surface area contributed by atoms with E-state index < -0.39 is 16.7 Å². The minimum atomic E-state index is -0.703. The maximum Gasteiger partial charge on any atom is 0.281 e. The average Bonchev–Trinajstić information content (AvgIpc) is 3.60. The number of nitro groups is 1. The monoisotopic (exact) mass is 579 g/mol. The number of nitrogens with two attached hydrogens (primary N) is 2. The van der Waals surface area contributed by atoms with E-state index in [1.165, 1.54) is 34.2 Å². The number of carbonyl (C=O) groups is 2. The van der Waals surface area contributed by atoms with E-state index in [2.05, 4.69) is 47.2 Å². The van der Waals surface area contributed by atoms with Gasteiger partial charge in [0.15, 0.2) is 0 Å². The van der Waals surface area contributed by atoms with Crippen LogP contribution in [0.15, 0.2) is 91.0 Å². The quantitative estimate of drug-likeness (QED) is 0.0927. The van der Waals surface area contributed by atoms with E-state index in [1.807, 2.05) is 18.2 Å². The molecule has 0 spiro atoms. The lowest BCUT2D eigenvalue weighted by Crippen LogP contribution is -2.30. The predicted octanol–water partition coefficient (Wildman–Crippen LogP) is 6.80. The van der Waals surface area contributed by atoms with Crippen molar-refractivity contribution in [3.63, 3.8) is 0 Å². The standard InChI is InChI=1S/C30H21N5O4S2/c31-23-14-25(19-10-11-22-17(12-19)9-8-16-4-1-2-7-21(16)22)40-27(23)30(37)34-33-24-15-26(41-28(24)29(32)36)18-5-3-6-20(13-18)35(38)39/h1-15,33H,31H2,(H2,32,36)(H,34,37). The topological polar surface area (TPSA) is 153 Å². The molecule has 11 heteroatoms. The van der Waals surface area contributed by atoms with Crippen LogP contribution in [-0.4, -0.2) is 16.7 Å². The molecule has 0 aliphatic carbocycles.